The number of hydrogen-bond acceptors (Lipinski definition) is 6. The van der Waals surface area contributed by atoms with E-state index < -0.39 is 22.7 Å². The summed E-state index contributed by atoms with van der Waals surface area (Å²) in [6.07, 6.45) is 0. The molecular formula is C23H24ClN3O5. The van der Waals surface area contributed by atoms with E-state index in [-0.39, 0.29) is 23.6 Å². The number of aliphatic hydroxyl groups is 1. The van der Waals surface area contributed by atoms with Crippen LogP contribution in [0.15, 0.2) is 54.1 Å². The van der Waals surface area contributed by atoms with Crippen molar-refractivity contribution < 1.29 is 19.6 Å². The average Bonchev–Trinajstić information content (AvgIpc) is 3.04. The molecule has 1 amide bonds. The van der Waals surface area contributed by atoms with Crippen LogP contribution in [0.3, 0.4) is 0 Å². The summed E-state index contributed by atoms with van der Waals surface area (Å²) in [6, 6.07) is 11.1. The molecular weight excluding hydrogens is 434 g/mol. The van der Waals surface area contributed by atoms with Gasteiger partial charge in [0.25, 0.3) is 17.4 Å². The van der Waals surface area contributed by atoms with Gasteiger partial charge >= 0.3 is 0 Å². The molecule has 0 spiro atoms. The van der Waals surface area contributed by atoms with Gasteiger partial charge in [-0.3, -0.25) is 19.7 Å². The van der Waals surface area contributed by atoms with Crippen LogP contribution in [0.5, 0.6) is 0 Å². The van der Waals surface area contributed by atoms with Crippen molar-refractivity contribution in [3.8, 4) is 0 Å². The van der Waals surface area contributed by atoms with Gasteiger partial charge in [-0.1, -0.05) is 25.4 Å². The standard InChI is InChI=1S/C23H24ClN3O5/c1-3-25(4-2)13-14-26-20(15-7-11-18(12-8-15)27(31)32)19(22(29)23(26)30)21(28)16-5-9-17(24)10-6-16/h5-12,20,28H,3-4,13-14H2,1-2H3/b21-19+/t20-/m0/s1. The molecule has 0 saturated carbocycles. The van der Waals surface area contributed by atoms with Crippen LogP contribution in [0.1, 0.15) is 31.0 Å². The highest BCUT2D eigenvalue weighted by Gasteiger charge is 2.46. The summed E-state index contributed by atoms with van der Waals surface area (Å²) >= 11 is 5.93. The van der Waals surface area contributed by atoms with Crippen molar-refractivity contribution in [3.05, 3.63) is 80.4 Å². The molecule has 9 heteroatoms. The molecule has 0 unspecified atom stereocenters. The van der Waals surface area contributed by atoms with Crippen LogP contribution in [-0.2, 0) is 9.59 Å². The van der Waals surface area contributed by atoms with Crippen LogP contribution in [0.2, 0.25) is 5.02 Å². The summed E-state index contributed by atoms with van der Waals surface area (Å²) in [4.78, 5) is 40.0. The third-order valence-corrected chi connectivity index (χ3v) is 5.88. The number of halogens is 1. The molecule has 168 valence electrons. The molecule has 0 bridgehead atoms. The molecule has 2 aromatic carbocycles. The number of benzene rings is 2. The van der Waals surface area contributed by atoms with Gasteiger partial charge in [0.05, 0.1) is 16.5 Å². The molecule has 0 radical (unpaired) electrons. The molecule has 0 aliphatic carbocycles. The number of hydrogen-bond donors (Lipinski definition) is 1. The molecule has 0 aromatic heterocycles. The molecule has 1 N–H and O–H groups in total. The topological polar surface area (TPSA) is 104 Å². The zero-order valence-electron chi connectivity index (χ0n) is 17.8. The van der Waals surface area contributed by atoms with Crippen molar-refractivity contribution in [2.75, 3.05) is 26.2 Å². The van der Waals surface area contributed by atoms with E-state index in [1.807, 2.05) is 13.8 Å². The summed E-state index contributed by atoms with van der Waals surface area (Å²) < 4.78 is 0. The smallest absolute Gasteiger partial charge is 0.295 e. The van der Waals surface area contributed by atoms with Crippen molar-refractivity contribution >= 4 is 34.7 Å². The minimum absolute atomic E-state index is 0.0503. The summed E-state index contributed by atoms with van der Waals surface area (Å²) in [7, 11) is 0. The van der Waals surface area contributed by atoms with Crippen molar-refractivity contribution in [3.63, 3.8) is 0 Å². The maximum absolute atomic E-state index is 13.0. The van der Waals surface area contributed by atoms with Crippen LogP contribution in [0.25, 0.3) is 5.76 Å². The van der Waals surface area contributed by atoms with E-state index in [0.717, 1.165) is 13.1 Å². The lowest BCUT2D eigenvalue weighted by molar-refractivity contribution is -0.384. The first-order chi connectivity index (χ1) is 15.3. The lowest BCUT2D eigenvalue weighted by atomic mass is 9.95. The molecule has 1 fully saturated rings. The van der Waals surface area contributed by atoms with Crippen LogP contribution in [0, 0.1) is 10.1 Å². The molecule has 1 aliphatic rings. The third-order valence-electron chi connectivity index (χ3n) is 5.63. The van der Waals surface area contributed by atoms with E-state index in [1.165, 1.54) is 29.2 Å². The number of likely N-dealkylation sites (N-methyl/N-ethyl adjacent to an activating group) is 1. The largest absolute Gasteiger partial charge is 0.507 e. The minimum Gasteiger partial charge on any atom is -0.507 e. The van der Waals surface area contributed by atoms with E-state index >= 15 is 0 Å². The number of non-ortho nitro benzene ring substituents is 1. The fourth-order valence-corrected chi connectivity index (χ4v) is 3.91. The highest BCUT2D eigenvalue weighted by molar-refractivity contribution is 6.46. The number of amides is 1. The van der Waals surface area contributed by atoms with E-state index in [0.29, 0.717) is 22.7 Å². The fourth-order valence-electron chi connectivity index (χ4n) is 3.79. The number of nitro benzene ring substituents is 1. The molecule has 8 nitrogen and oxygen atoms in total. The van der Waals surface area contributed by atoms with Crippen molar-refractivity contribution in [1.29, 1.82) is 0 Å². The second-order valence-corrected chi connectivity index (χ2v) is 7.81. The third kappa shape index (κ3) is 4.66. The Kier molecular flexibility index (Phi) is 7.27. The number of nitrogens with zero attached hydrogens (tertiary/aromatic N) is 3. The molecule has 2 aromatic rings. The van der Waals surface area contributed by atoms with Crippen molar-refractivity contribution in [2.24, 2.45) is 0 Å². The lowest BCUT2D eigenvalue weighted by Gasteiger charge is -2.28. The first-order valence-corrected chi connectivity index (χ1v) is 10.7. The van der Waals surface area contributed by atoms with Gasteiger partial charge < -0.3 is 14.9 Å². The first kappa shape index (κ1) is 23.4. The van der Waals surface area contributed by atoms with Gasteiger partial charge in [0.2, 0.25) is 0 Å². The number of rotatable bonds is 8. The Bertz CT molecular complexity index is 1050. The van der Waals surface area contributed by atoms with Gasteiger partial charge in [0.1, 0.15) is 5.76 Å². The van der Waals surface area contributed by atoms with Crippen LogP contribution in [0.4, 0.5) is 5.69 Å². The van der Waals surface area contributed by atoms with Gasteiger partial charge in [-0.2, -0.15) is 0 Å². The maximum Gasteiger partial charge on any atom is 0.295 e. The number of carbonyl (C=O) groups excluding carboxylic acids is 2. The van der Waals surface area contributed by atoms with Gasteiger partial charge in [0, 0.05) is 35.8 Å². The average molecular weight is 458 g/mol. The number of likely N-dealkylation sites (tertiary alicyclic amines) is 1. The van der Waals surface area contributed by atoms with Crippen LogP contribution < -0.4 is 0 Å². The number of ketones is 1. The zero-order valence-corrected chi connectivity index (χ0v) is 18.6. The zero-order chi connectivity index (χ0) is 23.4. The second kappa shape index (κ2) is 9.93. The highest BCUT2D eigenvalue weighted by Crippen LogP contribution is 2.39. The maximum atomic E-state index is 13.0. The van der Waals surface area contributed by atoms with E-state index in [4.69, 9.17) is 11.6 Å². The van der Waals surface area contributed by atoms with Crippen molar-refractivity contribution in [1.82, 2.24) is 9.80 Å². The number of nitro groups is 1. The van der Waals surface area contributed by atoms with Gasteiger partial charge in [-0.05, 0) is 55.1 Å². The monoisotopic (exact) mass is 457 g/mol. The predicted octanol–water partition coefficient (Wildman–Crippen LogP) is 4.01. The van der Waals surface area contributed by atoms with Crippen LogP contribution in [-0.4, -0.2) is 57.7 Å². The minimum atomic E-state index is -0.859. The summed E-state index contributed by atoms with van der Waals surface area (Å²) in [6.45, 7) is 6.40. The Labute approximate surface area is 190 Å². The Hall–Kier alpha value is -3.23. The quantitative estimate of drug-likeness (QED) is 0.211. The molecule has 3 rings (SSSR count). The Morgan fingerprint density at radius 3 is 2.22 bits per heavy atom. The van der Waals surface area contributed by atoms with Crippen molar-refractivity contribution in [2.45, 2.75) is 19.9 Å². The Morgan fingerprint density at radius 1 is 1.09 bits per heavy atom. The SMILES string of the molecule is CCN(CC)CCN1C(=O)C(=O)/C(=C(/O)c2ccc(Cl)cc2)[C@@H]1c1ccc([N+](=O)[O-])cc1. The van der Waals surface area contributed by atoms with Gasteiger partial charge in [0.15, 0.2) is 0 Å². The predicted molar refractivity (Wildman–Crippen MR) is 121 cm³/mol. The molecule has 1 aliphatic heterocycles. The summed E-state index contributed by atoms with van der Waals surface area (Å²) in [5.41, 5.74) is 0.699. The molecule has 1 atom stereocenters. The molecule has 1 heterocycles. The van der Waals surface area contributed by atoms with E-state index in [2.05, 4.69) is 4.90 Å². The molecule has 32 heavy (non-hydrogen) atoms. The number of aliphatic hydroxyl groups excluding tert-OH is 1. The van der Waals surface area contributed by atoms with E-state index in [9.17, 15) is 24.8 Å². The van der Waals surface area contributed by atoms with Gasteiger partial charge in [-0.15, -0.1) is 0 Å². The number of carbonyl (C=O) groups is 2. The normalized spacial score (nSPS) is 17.9. The molecule has 1 saturated heterocycles. The highest BCUT2D eigenvalue weighted by atomic mass is 35.5. The first-order valence-electron chi connectivity index (χ1n) is 10.3. The van der Waals surface area contributed by atoms with Crippen LogP contribution >= 0.6 is 11.6 Å². The second-order valence-electron chi connectivity index (χ2n) is 7.37. The van der Waals surface area contributed by atoms with E-state index in [1.54, 1.807) is 24.3 Å². The lowest BCUT2D eigenvalue weighted by Crippen LogP contribution is -2.38. The number of Topliss-reactive ketones (excluding diaryl/α,β-unsaturated/α-hetero) is 1. The summed E-state index contributed by atoms with van der Waals surface area (Å²) in [5.74, 6) is -1.81. The summed E-state index contributed by atoms with van der Waals surface area (Å²) in [5, 5.41) is 22.5. The Balaban J connectivity index is 2.10. The van der Waals surface area contributed by atoms with Gasteiger partial charge in [-0.25, -0.2) is 0 Å². The fraction of sp³-hybridized carbons (Fsp3) is 0.304. The Morgan fingerprint density at radius 2 is 1.69 bits per heavy atom.